The maximum atomic E-state index is 13.2. The normalized spacial score (nSPS) is 11.9. The van der Waals surface area contributed by atoms with Gasteiger partial charge in [-0.2, -0.15) is 4.98 Å². The topological polar surface area (TPSA) is 86.7 Å². The van der Waals surface area contributed by atoms with Gasteiger partial charge in [0.25, 0.3) is 0 Å². The van der Waals surface area contributed by atoms with E-state index in [1.54, 1.807) is 32.3 Å². The van der Waals surface area contributed by atoms with Crippen LogP contribution in [0.3, 0.4) is 0 Å². The quantitative estimate of drug-likeness (QED) is 0.481. The fraction of sp³-hybridized carbons (Fsp3) is 0.250. The molecule has 0 bridgehead atoms. The molecule has 3 aromatic rings. The summed E-state index contributed by atoms with van der Waals surface area (Å²) in [4.78, 5) is 4.37. The van der Waals surface area contributed by atoms with Crippen molar-refractivity contribution in [1.29, 1.82) is 0 Å². The van der Waals surface area contributed by atoms with Gasteiger partial charge in [-0.3, -0.25) is 4.57 Å². The second-order valence-electron chi connectivity index (χ2n) is 5.71. The number of nitrogens with zero attached hydrogens (tertiary/aromatic N) is 1. The third kappa shape index (κ3) is 5.01. The van der Waals surface area contributed by atoms with Gasteiger partial charge < -0.3 is 23.2 Å². The maximum Gasteiger partial charge on any atom is 0.385 e. The van der Waals surface area contributed by atoms with Crippen LogP contribution in [-0.2, 0) is 20.2 Å². The first-order valence-electron chi connectivity index (χ1n) is 9.04. The molecule has 0 saturated carbocycles. The van der Waals surface area contributed by atoms with E-state index in [0.717, 1.165) is 5.56 Å². The van der Waals surface area contributed by atoms with Crippen LogP contribution < -0.4 is 10.8 Å². The molecule has 0 aliphatic rings. The van der Waals surface area contributed by atoms with Gasteiger partial charge in [-0.25, -0.2) is 0 Å². The first kappa shape index (κ1) is 20.1. The van der Waals surface area contributed by atoms with Crippen LogP contribution in [0.25, 0.3) is 12.2 Å². The summed E-state index contributed by atoms with van der Waals surface area (Å²) >= 11 is 0. The predicted octanol–water partition coefficient (Wildman–Crippen LogP) is 4.94. The van der Waals surface area contributed by atoms with E-state index in [1.807, 2.05) is 42.5 Å². The lowest BCUT2D eigenvalue weighted by Crippen LogP contribution is -2.16. The van der Waals surface area contributed by atoms with E-state index in [1.165, 1.54) is 0 Å². The molecule has 0 saturated heterocycles. The lowest BCUT2D eigenvalue weighted by molar-refractivity contribution is 0.229. The fourth-order valence-corrected chi connectivity index (χ4v) is 4.11. The number of rotatable bonds is 10. The van der Waals surface area contributed by atoms with Crippen LogP contribution in [0.2, 0.25) is 0 Å². The summed E-state index contributed by atoms with van der Waals surface area (Å²) in [6, 6.07) is 13.4. The number of hydrogen-bond acceptors (Lipinski definition) is 7. The predicted molar refractivity (Wildman–Crippen MR) is 108 cm³/mol. The molecule has 3 rings (SSSR count). The van der Waals surface area contributed by atoms with Crippen LogP contribution in [0, 0.1) is 0 Å². The maximum absolute atomic E-state index is 13.2. The molecular formula is C20H23N2O5P. The van der Waals surface area contributed by atoms with E-state index >= 15 is 0 Å². The highest BCUT2D eigenvalue weighted by molar-refractivity contribution is 7.62. The molecule has 0 aliphatic carbocycles. The van der Waals surface area contributed by atoms with Gasteiger partial charge in [-0.05, 0) is 37.6 Å². The largest absolute Gasteiger partial charge is 0.467 e. The molecule has 0 radical (unpaired) electrons. The van der Waals surface area contributed by atoms with E-state index < -0.39 is 7.60 Å². The average molecular weight is 402 g/mol. The van der Waals surface area contributed by atoms with Crippen LogP contribution in [0.15, 0.2) is 57.6 Å². The summed E-state index contributed by atoms with van der Waals surface area (Å²) in [5.74, 6) is 1.22. The van der Waals surface area contributed by atoms with Gasteiger partial charge >= 0.3 is 7.60 Å². The van der Waals surface area contributed by atoms with Crippen LogP contribution in [0.1, 0.15) is 31.1 Å². The van der Waals surface area contributed by atoms with E-state index in [0.29, 0.717) is 18.2 Å². The summed E-state index contributed by atoms with van der Waals surface area (Å²) in [6.45, 7) is 4.28. The molecule has 148 valence electrons. The van der Waals surface area contributed by atoms with Crippen molar-refractivity contribution in [3.63, 3.8) is 0 Å². The van der Waals surface area contributed by atoms with Gasteiger partial charge in [0, 0.05) is 6.08 Å². The van der Waals surface area contributed by atoms with Crippen LogP contribution in [0.5, 0.6) is 0 Å². The molecule has 2 heterocycles. The first-order valence-corrected chi connectivity index (χ1v) is 10.6. The van der Waals surface area contributed by atoms with Crippen LogP contribution >= 0.6 is 7.60 Å². The Morgan fingerprint density at radius 2 is 1.82 bits per heavy atom. The molecular weight excluding hydrogens is 379 g/mol. The second-order valence-corrected chi connectivity index (χ2v) is 7.65. The molecule has 28 heavy (non-hydrogen) atoms. The summed E-state index contributed by atoms with van der Waals surface area (Å²) < 4.78 is 35.2. The minimum absolute atomic E-state index is 0.121. The van der Waals surface area contributed by atoms with Gasteiger partial charge in [0.1, 0.15) is 5.76 Å². The molecule has 7 nitrogen and oxygen atoms in total. The summed E-state index contributed by atoms with van der Waals surface area (Å²) in [5.41, 5.74) is 1.11. The van der Waals surface area contributed by atoms with Crippen molar-refractivity contribution in [2.24, 2.45) is 0 Å². The Labute approximate surface area is 163 Å². The zero-order valence-corrected chi connectivity index (χ0v) is 16.7. The fourth-order valence-electron chi connectivity index (χ4n) is 2.51. The van der Waals surface area contributed by atoms with Crippen molar-refractivity contribution >= 4 is 31.1 Å². The van der Waals surface area contributed by atoms with Crippen molar-refractivity contribution in [3.05, 3.63) is 65.9 Å². The van der Waals surface area contributed by atoms with Gasteiger partial charge in [0.2, 0.25) is 17.2 Å². The summed E-state index contributed by atoms with van der Waals surface area (Å²) in [7, 11) is -3.62. The zero-order valence-electron chi connectivity index (χ0n) is 15.8. The second kappa shape index (κ2) is 9.55. The molecule has 0 aliphatic heterocycles. The smallest absolute Gasteiger partial charge is 0.385 e. The molecule has 8 heteroatoms. The standard InChI is InChI=1S/C20H23N2O5P/c1-3-25-28(23,26-4-2)20-19(21-15-17-11-8-14-24-17)27-18(22-20)13-12-16-9-6-5-7-10-16/h5-14,21H,3-4,15H2,1-2H3/b13-12+. The Morgan fingerprint density at radius 1 is 1.07 bits per heavy atom. The molecule has 1 aromatic carbocycles. The van der Waals surface area contributed by atoms with E-state index in [2.05, 4.69) is 10.3 Å². The van der Waals surface area contributed by atoms with Gasteiger partial charge in [0.15, 0.2) is 0 Å². The minimum Gasteiger partial charge on any atom is -0.467 e. The van der Waals surface area contributed by atoms with E-state index in [4.69, 9.17) is 17.9 Å². The highest BCUT2D eigenvalue weighted by Crippen LogP contribution is 2.48. The number of oxazole rings is 1. The minimum atomic E-state index is -3.62. The third-order valence-electron chi connectivity index (χ3n) is 3.70. The number of benzene rings is 1. The number of nitrogens with one attached hydrogen (secondary N) is 1. The number of aromatic nitrogens is 1. The SMILES string of the molecule is CCOP(=O)(OCC)c1nc(/C=C/c2ccccc2)oc1NCc1ccco1. The molecule has 0 atom stereocenters. The van der Waals surface area contributed by atoms with Gasteiger partial charge in [-0.1, -0.05) is 30.3 Å². The first-order chi connectivity index (χ1) is 13.6. The number of furan rings is 1. The highest BCUT2D eigenvalue weighted by atomic mass is 31.2. The average Bonchev–Trinajstić information content (AvgIpc) is 3.36. The van der Waals surface area contributed by atoms with Crippen molar-refractivity contribution in [3.8, 4) is 0 Å². The van der Waals surface area contributed by atoms with Crippen molar-refractivity contribution in [2.75, 3.05) is 18.5 Å². The monoisotopic (exact) mass is 402 g/mol. The summed E-state index contributed by atoms with van der Waals surface area (Å²) in [6.07, 6.45) is 5.15. The highest BCUT2D eigenvalue weighted by Gasteiger charge is 2.35. The van der Waals surface area contributed by atoms with Gasteiger partial charge in [-0.15, -0.1) is 0 Å². The Balaban J connectivity index is 1.91. The van der Waals surface area contributed by atoms with Crippen molar-refractivity contribution in [1.82, 2.24) is 4.98 Å². The van der Waals surface area contributed by atoms with Crippen molar-refractivity contribution in [2.45, 2.75) is 20.4 Å². The third-order valence-corrected chi connectivity index (χ3v) is 5.72. The van der Waals surface area contributed by atoms with Crippen molar-refractivity contribution < 1.29 is 22.4 Å². The number of anilines is 1. The van der Waals surface area contributed by atoms with E-state index in [-0.39, 0.29) is 24.5 Å². The van der Waals surface area contributed by atoms with Gasteiger partial charge in [0.05, 0.1) is 26.0 Å². The molecule has 1 N–H and O–H groups in total. The molecule has 0 spiro atoms. The summed E-state index contributed by atoms with van der Waals surface area (Å²) in [5, 5.41) is 3.07. The lowest BCUT2D eigenvalue weighted by Gasteiger charge is -2.15. The Bertz CT molecular complexity index is 925. The lowest BCUT2D eigenvalue weighted by atomic mass is 10.2. The Morgan fingerprint density at radius 3 is 2.46 bits per heavy atom. The molecule has 2 aromatic heterocycles. The Hall–Kier alpha value is -2.60. The molecule has 0 fully saturated rings. The van der Waals surface area contributed by atoms with Crippen LogP contribution in [-0.4, -0.2) is 18.2 Å². The zero-order chi connectivity index (χ0) is 19.8. The molecule has 0 amide bonds. The Kier molecular flexibility index (Phi) is 6.87. The molecule has 0 unspecified atom stereocenters. The number of hydrogen-bond donors (Lipinski definition) is 1. The van der Waals surface area contributed by atoms with E-state index in [9.17, 15) is 4.57 Å². The van der Waals surface area contributed by atoms with Crippen LogP contribution in [0.4, 0.5) is 5.88 Å².